The van der Waals surface area contributed by atoms with Crippen molar-refractivity contribution in [3.05, 3.63) is 23.3 Å². The Morgan fingerprint density at radius 3 is 2.63 bits per heavy atom. The quantitative estimate of drug-likeness (QED) is 0.785. The fourth-order valence-electron chi connectivity index (χ4n) is 1.82. The van der Waals surface area contributed by atoms with Crippen molar-refractivity contribution in [2.24, 2.45) is 0 Å². The number of aryl methyl sites for hydroxylation is 1. The molecule has 0 fully saturated rings. The van der Waals surface area contributed by atoms with E-state index in [1.807, 2.05) is 18.0 Å². The van der Waals surface area contributed by atoms with Crippen LogP contribution in [0.3, 0.4) is 0 Å². The highest BCUT2D eigenvalue weighted by Crippen LogP contribution is 2.20. The van der Waals surface area contributed by atoms with Gasteiger partial charge in [0.1, 0.15) is 5.82 Å². The zero-order valence-corrected chi connectivity index (χ0v) is 13.7. The summed E-state index contributed by atoms with van der Waals surface area (Å²) in [6, 6.07) is 0.330. The van der Waals surface area contributed by atoms with Crippen LogP contribution in [0.25, 0.3) is 0 Å². The largest absolute Gasteiger partial charge is 0.310 e. The van der Waals surface area contributed by atoms with Crippen LogP contribution < -0.4 is 5.32 Å². The molecule has 1 N–H and O–H groups in total. The molecule has 0 aliphatic heterocycles. The molecule has 2 atom stereocenters. The van der Waals surface area contributed by atoms with E-state index >= 15 is 0 Å². The first-order valence-electron chi connectivity index (χ1n) is 7.25. The summed E-state index contributed by atoms with van der Waals surface area (Å²) in [7, 11) is 0. The Labute approximate surface area is 122 Å². The van der Waals surface area contributed by atoms with Gasteiger partial charge in [0.05, 0.1) is 5.75 Å². The van der Waals surface area contributed by atoms with Crippen molar-refractivity contribution >= 4 is 11.8 Å². The lowest BCUT2D eigenvalue weighted by molar-refractivity contribution is 0.563. The van der Waals surface area contributed by atoms with Crippen LogP contribution in [0.5, 0.6) is 0 Å². The highest BCUT2D eigenvalue weighted by atomic mass is 32.2. The van der Waals surface area contributed by atoms with E-state index in [1.54, 1.807) is 0 Å². The van der Waals surface area contributed by atoms with Gasteiger partial charge in [0, 0.05) is 28.7 Å². The van der Waals surface area contributed by atoms with Gasteiger partial charge in [0.25, 0.3) is 0 Å². The summed E-state index contributed by atoms with van der Waals surface area (Å²) >= 11 is 1.93. The molecule has 3 nitrogen and oxygen atoms in total. The van der Waals surface area contributed by atoms with E-state index in [4.69, 9.17) is 0 Å². The molecule has 0 aromatic carbocycles. The summed E-state index contributed by atoms with van der Waals surface area (Å²) < 4.78 is 0. The van der Waals surface area contributed by atoms with Gasteiger partial charge < -0.3 is 5.32 Å². The standard InChI is InChI=1S/C15H27N3S/c1-6-8-16-12(4)14-9-17-15(18-13(14)5)10-19-11(3)7-2/h9,11-12,16H,6-8,10H2,1-5H3. The van der Waals surface area contributed by atoms with Crippen LogP contribution >= 0.6 is 11.8 Å². The zero-order valence-electron chi connectivity index (χ0n) is 12.9. The van der Waals surface area contributed by atoms with Gasteiger partial charge in [0.2, 0.25) is 0 Å². The van der Waals surface area contributed by atoms with Gasteiger partial charge in [-0.25, -0.2) is 9.97 Å². The van der Waals surface area contributed by atoms with E-state index in [9.17, 15) is 0 Å². The molecule has 1 heterocycles. The van der Waals surface area contributed by atoms with E-state index in [-0.39, 0.29) is 0 Å². The maximum absolute atomic E-state index is 4.64. The third kappa shape index (κ3) is 5.49. The highest BCUT2D eigenvalue weighted by Gasteiger charge is 2.10. The minimum absolute atomic E-state index is 0.330. The van der Waals surface area contributed by atoms with Gasteiger partial charge in [-0.05, 0) is 33.2 Å². The smallest absolute Gasteiger partial charge is 0.138 e. The monoisotopic (exact) mass is 281 g/mol. The topological polar surface area (TPSA) is 37.8 Å². The first kappa shape index (κ1) is 16.4. The molecule has 0 bridgehead atoms. The minimum atomic E-state index is 0.330. The van der Waals surface area contributed by atoms with Crippen molar-refractivity contribution in [2.45, 2.75) is 64.5 Å². The number of hydrogen-bond donors (Lipinski definition) is 1. The molecule has 0 radical (unpaired) electrons. The molecule has 0 saturated heterocycles. The SMILES string of the molecule is CCCNC(C)c1cnc(CSC(C)CC)nc1C. The maximum atomic E-state index is 4.64. The molecule has 1 aromatic rings. The summed E-state index contributed by atoms with van der Waals surface area (Å²) in [6.45, 7) is 11.9. The van der Waals surface area contributed by atoms with Crippen LogP contribution in [0.1, 0.15) is 63.7 Å². The van der Waals surface area contributed by atoms with Crippen molar-refractivity contribution in [3.63, 3.8) is 0 Å². The van der Waals surface area contributed by atoms with E-state index in [0.29, 0.717) is 11.3 Å². The molecular weight excluding hydrogens is 254 g/mol. The first-order valence-corrected chi connectivity index (χ1v) is 8.30. The summed E-state index contributed by atoms with van der Waals surface area (Å²) in [5.74, 6) is 1.86. The minimum Gasteiger partial charge on any atom is -0.310 e. The lowest BCUT2D eigenvalue weighted by Gasteiger charge is -2.16. The third-order valence-electron chi connectivity index (χ3n) is 3.31. The molecule has 4 heteroatoms. The Morgan fingerprint density at radius 2 is 2.05 bits per heavy atom. The van der Waals surface area contributed by atoms with Crippen molar-refractivity contribution < 1.29 is 0 Å². The van der Waals surface area contributed by atoms with Crippen LogP contribution in [0.2, 0.25) is 0 Å². The molecule has 1 aromatic heterocycles. The summed E-state index contributed by atoms with van der Waals surface area (Å²) in [5, 5.41) is 4.16. The molecule has 0 aliphatic rings. The zero-order chi connectivity index (χ0) is 14.3. The number of rotatable bonds is 8. The fourth-order valence-corrected chi connectivity index (χ4v) is 2.63. The number of nitrogens with one attached hydrogen (secondary N) is 1. The van der Waals surface area contributed by atoms with Crippen LogP contribution in [-0.4, -0.2) is 21.8 Å². The molecule has 108 valence electrons. The Kier molecular flexibility index (Phi) is 7.39. The Hall–Kier alpha value is -0.610. The van der Waals surface area contributed by atoms with Crippen LogP contribution in [0, 0.1) is 6.92 Å². The normalized spacial score (nSPS) is 14.4. The summed E-state index contributed by atoms with van der Waals surface area (Å²) in [4.78, 5) is 9.14. The molecule has 2 unspecified atom stereocenters. The molecular formula is C15H27N3S. The van der Waals surface area contributed by atoms with Crippen LogP contribution in [0.15, 0.2) is 6.20 Å². The average Bonchev–Trinajstić information content (AvgIpc) is 2.42. The molecule has 1 rings (SSSR count). The van der Waals surface area contributed by atoms with Crippen molar-refractivity contribution in [3.8, 4) is 0 Å². The lowest BCUT2D eigenvalue weighted by Crippen LogP contribution is -2.21. The second-order valence-corrected chi connectivity index (χ2v) is 6.46. The number of thioether (sulfide) groups is 1. The predicted molar refractivity (Wildman–Crippen MR) is 84.5 cm³/mol. The van der Waals surface area contributed by atoms with E-state index in [0.717, 1.165) is 30.2 Å². The lowest BCUT2D eigenvalue weighted by atomic mass is 10.1. The van der Waals surface area contributed by atoms with Crippen molar-refractivity contribution in [1.29, 1.82) is 0 Å². The second-order valence-electron chi connectivity index (χ2n) is 5.03. The van der Waals surface area contributed by atoms with Gasteiger partial charge >= 0.3 is 0 Å². The average molecular weight is 281 g/mol. The summed E-state index contributed by atoms with van der Waals surface area (Å²) in [5.41, 5.74) is 2.32. The Bertz CT molecular complexity index is 382. The number of nitrogens with zero attached hydrogens (tertiary/aromatic N) is 2. The third-order valence-corrected chi connectivity index (χ3v) is 4.63. The van der Waals surface area contributed by atoms with Crippen molar-refractivity contribution in [1.82, 2.24) is 15.3 Å². The molecule has 19 heavy (non-hydrogen) atoms. The number of aromatic nitrogens is 2. The number of hydrogen-bond acceptors (Lipinski definition) is 4. The predicted octanol–water partition coefficient (Wildman–Crippen LogP) is 3.88. The molecule has 0 amide bonds. The Morgan fingerprint density at radius 1 is 1.32 bits per heavy atom. The molecule has 0 saturated carbocycles. The van der Waals surface area contributed by atoms with Gasteiger partial charge in [0.15, 0.2) is 0 Å². The van der Waals surface area contributed by atoms with E-state index in [2.05, 4.69) is 49.9 Å². The van der Waals surface area contributed by atoms with E-state index in [1.165, 1.54) is 12.0 Å². The van der Waals surface area contributed by atoms with Crippen LogP contribution in [-0.2, 0) is 5.75 Å². The van der Waals surface area contributed by atoms with Gasteiger partial charge in [-0.2, -0.15) is 11.8 Å². The van der Waals surface area contributed by atoms with Crippen LogP contribution in [0.4, 0.5) is 0 Å². The van der Waals surface area contributed by atoms with E-state index < -0.39 is 0 Å². The van der Waals surface area contributed by atoms with Gasteiger partial charge in [-0.15, -0.1) is 0 Å². The van der Waals surface area contributed by atoms with Gasteiger partial charge in [-0.3, -0.25) is 0 Å². The second kappa shape index (κ2) is 8.54. The van der Waals surface area contributed by atoms with Gasteiger partial charge in [-0.1, -0.05) is 20.8 Å². The maximum Gasteiger partial charge on any atom is 0.138 e. The first-order chi connectivity index (χ1) is 9.08. The fraction of sp³-hybridized carbons (Fsp3) is 0.733. The van der Waals surface area contributed by atoms with Crippen molar-refractivity contribution in [2.75, 3.05) is 6.54 Å². The molecule has 0 spiro atoms. The summed E-state index contributed by atoms with van der Waals surface area (Å²) in [6.07, 6.45) is 4.33. The molecule has 0 aliphatic carbocycles. The Balaban J connectivity index is 2.63. The highest BCUT2D eigenvalue weighted by molar-refractivity contribution is 7.99.